The summed E-state index contributed by atoms with van der Waals surface area (Å²) < 4.78 is 33.0. The molecule has 0 saturated carbocycles. The number of esters is 1. The molecule has 4 rings (SSSR count). The van der Waals surface area contributed by atoms with Crippen LogP contribution in [0.2, 0.25) is 5.02 Å². The van der Waals surface area contributed by atoms with Crippen LogP contribution >= 0.6 is 22.9 Å². The SMILES string of the molecule is CC(=O)Oc1ccccc1C(=O)Nc1nc(-c2cccc(NS(=O)(=O)c3ccc(Cl)cc3)c2)cs1. The molecular weight excluding hydrogens is 510 g/mol. The van der Waals surface area contributed by atoms with E-state index < -0.39 is 21.9 Å². The highest BCUT2D eigenvalue weighted by atomic mass is 35.5. The second-order valence-corrected chi connectivity index (χ2v) is 10.2. The van der Waals surface area contributed by atoms with Gasteiger partial charge in [0.2, 0.25) is 0 Å². The van der Waals surface area contributed by atoms with Crippen molar-refractivity contribution in [2.75, 3.05) is 10.0 Å². The average Bonchev–Trinajstić information content (AvgIpc) is 3.28. The maximum absolute atomic E-state index is 12.7. The summed E-state index contributed by atoms with van der Waals surface area (Å²) in [5, 5.41) is 5.20. The number of amides is 1. The third kappa shape index (κ3) is 6.04. The summed E-state index contributed by atoms with van der Waals surface area (Å²) in [5.74, 6) is -0.865. The Morgan fingerprint density at radius 3 is 2.49 bits per heavy atom. The fourth-order valence-corrected chi connectivity index (χ4v) is 4.99. The number of anilines is 2. The van der Waals surface area contributed by atoms with Gasteiger partial charge >= 0.3 is 5.97 Å². The summed E-state index contributed by atoms with van der Waals surface area (Å²) >= 11 is 7.04. The number of halogens is 1. The highest BCUT2D eigenvalue weighted by Crippen LogP contribution is 2.29. The largest absolute Gasteiger partial charge is 0.426 e. The van der Waals surface area contributed by atoms with Crippen molar-refractivity contribution in [2.24, 2.45) is 0 Å². The van der Waals surface area contributed by atoms with Crippen LogP contribution in [-0.2, 0) is 14.8 Å². The zero-order chi connectivity index (χ0) is 25.0. The quantitative estimate of drug-likeness (QED) is 0.244. The van der Waals surface area contributed by atoms with Gasteiger partial charge < -0.3 is 4.74 Å². The maximum atomic E-state index is 12.7. The molecule has 0 aliphatic heterocycles. The van der Waals surface area contributed by atoms with Crippen molar-refractivity contribution in [2.45, 2.75) is 11.8 Å². The van der Waals surface area contributed by atoms with E-state index in [1.54, 1.807) is 47.8 Å². The fraction of sp³-hybridized carbons (Fsp3) is 0.0417. The molecule has 0 bridgehead atoms. The normalized spacial score (nSPS) is 11.0. The molecule has 0 aliphatic rings. The van der Waals surface area contributed by atoms with Gasteiger partial charge in [-0.05, 0) is 48.5 Å². The van der Waals surface area contributed by atoms with Gasteiger partial charge in [-0.2, -0.15) is 0 Å². The molecule has 0 spiro atoms. The zero-order valence-corrected chi connectivity index (χ0v) is 20.6. The van der Waals surface area contributed by atoms with Crippen molar-refractivity contribution in [1.82, 2.24) is 4.98 Å². The minimum atomic E-state index is -3.80. The van der Waals surface area contributed by atoms with Crippen LogP contribution in [0.15, 0.2) is 83.1 Å². The summed E-state index contributed by atoms with van der Waals surface area (Å²) in [6, 6.07) is 19.0. The molecule has 0 unspecified atom stereocenters. The van der Waals surface area contributed by atoms with Crippen molar-refractivity contribution in [3.63, 3.8) is 0 Å². The molecule has 35 heavy (non-hydrogen) atoms. The number of hydrogen-bond donors (Lipinski definition) is 2. The van der Waals surface area contributed by atoms with Gasteiger partial charge in [0.05, 0.1) is 16.2 Å². The Hall–Kier alpha value is -3.73. The molecule has 0 aliphatic carbocycles. The molecule has 11 heteroatoms. The lowest BCUT2D eigenvalue weighted by atomic mass is 10.1. The summed E-state index contributed by atoms with van der Waals surface area (Å²) in [4.78, 5) is 28.5. The molecule has 2 N–H and O–H groups in total. The first-order chi connectivity index (χ1) is 16.7. The lowest BCUT2D eigenvalue weighted by Crippen LogP contribution is -2.14. The van der Waals surface area contributed by atoms with Gasteiger partial charge in [0.1, 0.15) is 5.75 Å². The second kappa shape index (κ2) is 10.3. The summed E-state index contributed by atoms with van der Waals surface area (Å²) in [6.07, 6.45) is 0. The molecule has 3 aromatic carbocycles. The van der Waals surface area contributed by atoms with Crippen LogP contribution in [0.3, 0.4) is 0 Å². The highest BCUT2D eigenvalue weighted by Gasteiger charge is 2.17. The van der Waals surface area contributed by atoms with Gasteiger partial charge in [-0.1, -0.05) is 35.9 Å². The molecule has 0 atom stereocenters. The van der Waals surface area contributed by atoms with Gasteiger partial charge in [0.25, 0.3) is 15.9 Å². The Morgan fingerprint density at radius 2 is 1.74 bits per heavy atom. The van der Waals surface area contributed by atoms with E-state index in [2.05, 4.69) is 15.0 Å². The minimum Gasteiger partial charge on any atom is -0.426 e. The number of thiazole rings is 1. The molecule has 4 aromatic rings. The van der Waals surface area contributed by atoms with E-state index in [4.69, 9.17) is 16.3 Å². The Balaban J connectivity index is 1.51. The van der Waals surface area contributed by atoms with E-state index in [1.807, 2.05) is 0 Å². The van der Waals surface area contributed by atoms with Gasteiger partial charge in [0.15, 0.2) is 5.13 Å². The number of benzene rings is 3. The Kier molecular flexibility index (Phi) is 7.15. The molecule has 178 valence electrons. The summed E-state index contributed by atoms with van der Waals surface area (Å²) in [5.41, 5.74) is 1.74. The predicted octanol–water partition coefficient (Wildman–Crippen LogP) is 5.44. The minimum absolute atomic E-state index is 0.0833. The van der Waals surface area contributed by atoms with Gasteiger partial charge in [-0.25, -0.2) is 13.4 Å². The molecule has 0 radical (unpaired) electrons. The highest BCUT2D eigenvalue weighted by molar-refractivity contribution is 7.92. The van der Waals surface area contributed by atoms with E-state index in [0.29, 0.717) is 27.1 Å². The molecular formula is C24H18ClN3O5S2. The first-order valence-electron chi connectivity index (χ1n) is 10.1. The number of sulfonamides is 1. The van der Waals surface area contributed by atoms with E-state index in [-0.39, 0.29) is 16.2 Å². The molecule has 1 amide bonds. The number of para-hydroxylation sites is 1. The van der Waals surface area contributed by atoms with Crippen molar-refractivity contribution < 1.29 is 22.7 Å². The molecule has 0 saturated heterocycles. The molecule has 0 fully saturated rings. The van der Waals surface area contributed by atoms with E-state index in [0.717, 1.165) is 0 Å². The third-order valence-electron chi connectivity index (χ3n) is 4.64. The number of nitrogens with one attached hydrogen (secondary N) is 2. The topological polar surface area (TPSA) is 114 Å². The van der Waals surface area contributed by atoms with Crippen molar-refractivity contribution >= 4 is 55.7 Å². The van der Waals surface area contributed by atoms with Crippen LogP contribution < -0.4 is 14.8 Å². The number of carbonyl (C=O) groups is 2. The molecule has 1 heterocycles. The third-order valence-corrected chi connectivity index (χ3v) is 7.05. The maximum Gasteiger partial charge on any atom is 0.308 e. The summed E-state index contributed by atoms with van der Waals surface area (Å²) in [7, 11) is -3.80. The van der Waals surface area contributed by atoms with Crippen LogP contribution in [0.4, 0.5) is 10.8 Å². The summed E-state index contributed by atoms with van der Waals surface area (Å²) in [6.45, 7) is 1.26. The first-order valence-corrected chi connectivity index (χ1v) is 12.9. The standard InChI is InChI=1S/C24H18ClN3O5S2/c1-15(29)33-22-8-3-2-7-20(22)23(30)27-24-26-21(14-34-24)16-5-4-6-18(13-16)28-35(31,32)19-11-9-17(25)10-12-19/h2-14,28H,1H3,(H,26,27,30). The number of rotatable bonds is 7. The van der Waals surface area contributed by atoms with E-state index in [1.165, 1.54) is 48.6 Å². The van der Waals surface area contributed by atoms with Crippen LogP contribution in [0.25, 0.3) is 11.3 Å². The number of nitrogens with zero attached hydrogens (tertiary/aromatic N) is 1. The Labute approximate surface area is 210 Å². The Morgan fingerprint density at radius 1 is 1.00 bits per heavy atom. The fourth-order valence-electron chi connectivity index (χ4n) is 3.10. The van der Waals surface area contributed by atoms with Gasteiger partial charge in [-0.3, -0.25) is 19.6 Å². The predicted molar refractivity (Wildman–Crippen MR) is 136 cm³/mol. The van der Waals surface area contributed by atoms with E-state index in [9.17, 15) is 18.0 Å². The number of hydrogen-bond acceptors (Lipinski definition) is 7. The smallest absolute Gasteiger partial charge is 0.308 e. The first kappa shape index (κ1) is 24.4. The monoisotopic (exact) mass is 527 g/mol. The van der Waals surface area contributed by atoms with Crippen molar-refractivity contribution in [3.8, 4) is 17.0 Å². The van der Waals surface area contributed by atoms with Crippen LogP contribution in [0.5, 0.6) is 5.75 Å². The zero-order valence-electron chi connectivity index (χ0n) is 18.2. The van der Waals surface area contributed by atoms with Crippen LogP contribution in [0, 0.1) is 0 Å². The number of carbonyl (C=O) groups excluding carboxylic acids is 2. The lowest BCUT2D eigenvalue weighted by molar-refractivity contribution is -0.131. The second-order valence-electron chi connectivity index (χ2n) is 7.22. The average molecular weight is 528 g/mol. The van der Waals surface area contributed by atoms with Crippen molar-refractivity contribution in [1.29, 1.82) is 0 Å². The lowest BCUT2D eigenvalue weighted by Gasteiger charge is -2.09. The van der Waals surface area contributed by atoms with Crippen molar-refractivity contribution in [3.05, 3.63) is 88.8 Å². The molecule has 1 aromatic heterocycles. The van der Waals surface area contributed by atoms with Gasteiger partial charge in [-0.15, -0.1) is 11.3 Å². The molecule has 8 nitrogen and oxygen atoms in total. The van der Waals surface area contributed by atoms with Crippen LogP contribution in [0.1, 0.15) is 17.3 Å². The van der Waals surface area contributed by atoms with Gasteiger partial charge in [0, 0.05) is 28.6 Å². The Bertz CT molecular complexity index is 1500. The number of aromatic nitrogens is 1. The number of ether oxygens (including phenoxy) is 1. The van der Waals surface area contributed by atoms with Crippen LogP contribution in [-0.4, -0.2) is 25.3 Å². The van der Waals surface area contributed by atoms with E-state index >= 15 is 0 Å².